The van der Waals surface area contributed by atoms with E-state index in [4.69, 9.17) is 0 Å². The van der Waals surface area contributed by atoms with Crippen LogP contribution in [0.5, 0.6) is 0 Å². The predicted octanol–water partition coefficient (Wildman–Crippen LogP) is 0.0305. The summed E-state index contributed by atoms with van der Waals surface area (Å²) in [6, 6.07) is 0. The van der Waals surface area contributed by atoms with Crippen molar-refractivity contribution in [1.29, 1.82) is 0 Å². The zero-order valence-corrected chi connectivity index (χ0v) is 5.41. The topological polar surface area (TPSA) is 69.4 Å². The Labute approximate surface area is 58.1 Å². The van der Waals surface area contributed by atoms with Gasteiger partial charge in [0.2, 0.25) is 6.54 Å². The Hall–Kier alpha value is -1.13. The van der Waals surface area contributed by atoms with E-state index in [0.717, 1.165) is 0 Å². The third kappa shape index (κ3) is 6.87. The Morgan fingerprint density at radius 2 is 2.30 bits per heavy atom. The van der Waals surface area contributed by atoms with Gasteiger partial charge in [0.05, 0.1) is 13.5 Å². The van der Waals surface area contributed by atoms with E-state index >= 15 is 0 Å². The van der Waals surface area contributed by atoms with E-state index in [1.54, 1.807) is 0 Å². The molecule has 0 aromatic rings. The Balaban J connectivity index is 3.06. The van der Waals surface area contributed by atoms with Crippen LogP contribution in [-0.2, 0) is 9.53 Å². The van der Waals surface area contributed by atoms with E-state index in [2.05, 4.69) is 11.7 Å². The largest absolute Gasteiger partial charge is 0.465 e. The van der Waals surface area contributed by atoms with Crippen LogP contribution in [0.3, 0.4) is 0 Å². The first-order chi connectivity index (χ1) is 4.63. The lowest BCUT2D eigenvalue weighted by molar-refractivity contribution is -0.480. The summed E-state index contributed by atoms with van der Waals surface area (Å²) in [6.07, 6.45) is 0.244. The zero-order chi connectivity index (χ0) is 7.98. The highest BCUT2D eigenvalue weighted by Gasteiger charge is 1.97. The first-order valence-electron chi connectivity index (χ1n) is 2.73. The minimum Gasteiger partial charge on any atom is -0.465 e. The molecule has 5 nitrogen and oxygen atoms in total. The summed E-state index contributed by atoms with van der Waals surface area (Å²) in [5.74, 6) is -0.650. The van der Waals surface area contributed by atoms with Gasteiger partial charge < -0.3 is 4.74 Å². The molecule has 0 amide bonds. The van der Waals surface area contributed by atoms with Crippen molar-refractivity contribution < 1.29 is 14.5 Å². The third-order valence-corrected chi connectivity index (χ3v) is 0.748. The quantitative estimate of drug-likeness (QED) is 0.243. The Morgan fingerprint density at radius 3 is 2.70 bits per heavy atom. The normalized spacial score (nSPS) is 8.90. The van der Waals surface area contributed by atoms with Crippen LogP contribution >= 0.6 is 0 Å². The fourth-order valence-electron chi connectivity index (χ4n) is 0.380. The molecule has 0 rings (SSSR count). The van der Waals surface area contributed by atoms with E-state index < -0.39 is 10.9 Å². The number of nitrogens with zero attached hydrogens (tertiary/aromatic N) is 1. The van der Waals surface area contributed by atoms with Crippen LogP contribution in [0.2, 0.25) is 0 Å². The highest BCUT2D eigenvalue weighted by molar-refractivity contribution is 5.73. The van der Waals surface area contributed by atoms with Crippen molar-refractivity contribution in [1.82, 2.24) is 0 Å². The molecule has 0 aromatic heterocycles. The van der Waals surface area contributed by atoms with Gasteiger partial charge in [0.15, 0.2) is 0 Å². The Kier molecular flexibility index (Phi) is 4.19. The van der Waals surface area contributed by atoms with Gasteiger partial charge >= 0.3 is 5.97 Å². The maximum absolute atomic E-state index is 9.99. The summed E-state index contributed by atoms with van der Waals surface area (Å²) in [5, 5.41) is 9.69. The van der Waals surface area contributed by atoms with Crippen LogP contribution < -0.4 is 0 Å². The van der Waals surface area contributed by atoms with Crippen molar-refractivity contribution in [3.05, 3.63) is 17.0 Å². The summed E-state index contributed by atoms with van der Waals surface area (Å²) in [6.45, 7) is 2.82. The molecule has 1 radical (unpaired) electrons. The minimum absolute atomic E-state index is 0.0727. The van der Waals surface area contributed by atoms with Crippen molar-refractivity contribution >= 4 is 5.97 Å². The second kappa shape index (κ2) is 4.72. The van der Waals surface area contributed by atoms with Crippen molar-refractivity contribution in [2.45, 2.75) is 6.42 Å². The maximum atomic E-state index is 9.99. The van der Waals surface area contributed by atoms with Crippen molar-refractivity contribution in [3.63, 3.8) is 0 Å². The molecule has 0 saturated heterocycles. The van der Waals surface area contributed by atoms with Gasteiger partial charge in [0, 0.05) is 11.3 Å². The zero-order valence-electron chi connectivity index (χ0n) is 5.41. The first-order valence-corrected chi connectivity index (χ1v) is 2.73. The molecule has 0 N–H and O–H groups in total. The highest BCUT2D eigenvalue weighted by atomic mass is 16.6. The van der Waals surface area contributed by atoms with E-state index in [9.17, 15) is 14.9 Å². The molecule has 5 heteroatoms. The van der Waals surface area contributed by atoms with E-state index in [1.807, 2.05) is 0 Å². The number of carbonyl (C=O) groups is 1. The molecule has 0 aromatic carbocycles. The standard InChI is InChI=1S/C5H8NO4/c1-5(7)10-4-2-3-6(8)9/h1-4H2. The van der Waals surface area contributed by atoms with E-state index in [1.165, 1.54) is 0 Å². The van der Waals surface area contributed by atoms with Crippen molar-refractivity contribution in [2.24, 2.45) is 0 Å². The SMILES string of the molecule is [CH2]C(=O)OCCC[N+](=O)[O-]. The number of hydrogen-bond acceptors (Lipinski definition) is 4. The average molecular weight is 146 g/mol. The monoisotopic (exact) mass is 146 g/mol. The molecule has 0 aliphatic carbocycles. The fourth-order valence-corrected chi connectivity index (χ4v) is 0.380. The first kappa shape index (κ1) is 8.87. The van der Waals surface area contributed by atoms with E-state index in [-0.39, 0.29) is 19.6 Å². The molecule has 0 bridgehead atoms. The summed E-state index contributed by atoms with van der Waals surface area (Å²) >= 11 is 0. The number of ether oxygens (including phenoxy) is 1. The highest BCUT2D eigenvalue weighted by Crippen LogP contribution is 1.83. The molecule has 0 aliphatic rings. The molecule has 0 unspecified atom stereocenters. The van der Waals surface area contributed by atoms with Crippen molar-refractivity contribution in [3.8, 4) is 0 Å². The van der Waals surface area contributed by atoms with Gasteiger partial charge in [-0.3, -0.25) is 14.9 Å². The summed E-state index contributed by atoms with van der Waals surface area (Å²) in [4.78, 5) is 19.2. The Bertz CT molecular complexity index is 118. The predicted molar refractivity (Wildman–Crippen MR) is 32.8 cm³/mol. The maximum Gasteiger partial charge on any atom is 0.306 e. The van der Waals surface area contributed by atoms with Gasteiger partial charge in [-0.05, 0) is 0 Å². The number of rotatable bonds is 4. The molecule has 0 aliphatic heterocycles. The molecular formula is C5H8NO4. The summed E-state index contributed by atoms with van der Waals surface area (Å²) in [7, 11) is 0. The lowest BCUT2D eigenvalue weighted by Gasteiger charge is -1.96. The fraction of sp³-hybridized carbons (Fsp3) is 0.600. The van der Waals surface area contributed by atoms with Crippen LogP contribution in [0, 0.1) is 17.0 Å². The second-order valence-corrected chi connectivity index (χ2v) is 1.63. The van der Waals surface area contributed by atoms with Gasteiger partial charge in [-0.2, -0.15) is 0 Å². The number of nitro groups is 1. The molecule has 0 heterocycles. The Morgan fingerprint density at radius 1 is 1.70 bits per heavy atom. The van der Waals surface area contributed by atoms with Gasteiger partial charge in [-0.15, -0.1) is 0 Å². The summed E-state index contributed by atoms with van der Waals surface area (Å²) in [5.41, 5.74) is 0. The smallest absolute Gasteiger partial charge is 0.306 e. The van der Waals surface area contributed by atoms with Crippen LogP contribution in [0.1, 0.15) is 6.42 Å². The summed E-state index contributed by atoms with van der Waals surface area (Å²) < 4.78 is 4.34. The van der Waals surface area contributed by atoms with Crippen LogP contribution in [0.15, 0.2) is 0 Å². The number of carbonyl (C=O) groups excluding carboxylic acids is 1. The number of esters is 1. The van der Waals surface area contributed by atoms with Crippen LogP contribution in [-0.4, -0.2) is 24.0 Å². The van der Waals surface area contributed by atoms with Gasteiger partial charge in [0.25, 0.3) is 0 Å². The molecule has 0 spiro atoms. The van der Waals surface area contributed by atoms with E-state index in [0.29, 0.717) is 0 Å². The lowest BCUT2D eigenvalue weighted by atomic mass is 10.5. The van der Waals surface area contributed by atoms with Crippen LogP contribution in [0.25, 0.3) is 0 Å². The molecule has 10 heavy (non-hydrogen) atoms. The number of hydrogen-bond donors (Lipinski definition) is 0. The minimum atomic E-state index is -0.650. The van der Waals surface area contributed by atoms with Crippen molar-refractivity contribution in [2.75, 3.05) is 13.2 Å². The van der Waals surface area contributed by atoms with Gasteiger partial charge in [-0.25, -0.2) is 0 Å². The molecular weight excluding hydrogens is 138 g/mol. The van der Waals surface area contributed by atoms with Gasteiger partial charge in [0.1, 0.15) is 0 Å². The third-order valence-electron chi connectivity index (χ3n) is 0.748. The molecule has 57 valence electrons. The van der Waals surface area contributed by atoms with Crippen LogP contribution in [0.4, 0.5) is 0 Å². The van der Waals surface area contributed by atoms with Gasteiger partial charge in [-0.1, -0.05) is 0 Å². The average Bonchev–Trinajstić information content (AvgIpc) is 1.79. The second-order valence-electron chi connectivity index (χ2n) is 1.63. The molecule has 0 saturated carbocycles. The lowest BCUT2D eigenvalue weighted by Crippen LogP contribution is -2.07. The molecule has 0 fully saturated rings. The molecule has 0 atom stereocenters.